The molecule has 3 aromatic rings. The van der Waals surface area contributed by atoms with Gasteiger partial charge in [-0.15, -0.1) is 0 Å². The Labute approximate surface area is 191 Å². The second-order valence-corrected chi connectivity index (χ2v) is 7.54. The molecule has 32 heavy (non-hydrogen) atoms. The minimum atomic E-state index is -0.324. The molecule has 0 fully saturated rings. The summed E-state index contributed by atoms with van der Waals surface area (Å²) in [5.74, 6) is 0.481. The molecule has 0 saturated carbocycles. The summed E-state index contributed by atoms with van der Waals surface area (Å²) in [6.07, 6.45) is 2.30. The highest BCUT2D eigenvalue weighted by atomic mass is 35.5. The number of carbonyl (C=O) groups is 2. The van der Waals surface area contributed by atoms with Gasteiger partial charge in [-0.05, 0) is 73.9 Å². The molecule has 1 heterocycles. The molecule has 0 aliphatic carbocycles. The van der Waals surface area contributed by atoms with Gasteiger partial charge in [0.2, 0.25) is 5.91 Å². The number of nitrogens with one attached hydrogen (secondary N) is 2. The molecule has 0 unspecified atom stereocenters. The summed E-state index contributed by atoms with van der Waals surface area (Å²) in [6, 6.07) is 15.8. The molecule has 7 nitrogen and oxygen atoms in total. The maximum absolute atomic E-state index is 12.0. The van der Waals surface area contributed by atoms with Crippen LogP contribution in [-0.2, 0) is 4.79 Å². The number of furan rings is 1. The minimum Gasteiger partial charge on any atom is -0.493 e. The number of halogens is 1. The lowest BCUT2D eigenvalue weighted by Gasteiger charge is -2.09. The van der Waals surface area contributed by atoms with Crippen molar-refractivity contribution in [2.24, 2.45) is 5.10 Å². The normalized spacial score (nSPS) is 11.2. The molecule has 0 aliphatic rings. The first-order chi connectivity index (χ1) is 15.4. The third-order valence-corrected chi connectivity index (χ3v) is 4.83. The molecule has 0 bridgehead atoms. The van der Waals surface area contributed by atoms with E-state index in [9.17, 15) is 9.59 Å². The zero-order chi connectivity index (χ0) is 22.9. The van der Waals surface area contributed by atoms with Gasteiger partial charge >= 0.3 is 0 Å². The number of aryl methyl sites for hydroxylation is 1. The van der Waals surface area contributed by atoms with Gasteiger partial charge in [0, 0.05) is 17.1 Å². The number of anilines is 1. The highest BCUT2D eigenvalue weighted by Crippen LogP contribution is 2.22. The molecule has 2 amide bonds. The SMILES string of the molecule is C/C(=N/NC(=O)CCCOc1ccc(Cl)cc1C)c1ccc(NC(=O)c2ccco2)cc1. The van der Waals surface area contributed by atoms with Crippen molar-refractivity contribution in [2.45, 2.75) is 26.7 Å². The Hall–Kier alpha value is -3.58. The highest BCUT2D eigenvalue weighted by molar-refractivity contribution is 6.30. The molecular formula is C24H24ClN3O4. The molecule has 2 aromatic carbocycles. The van der Waals surface area contributed by atoms with Gasteiger partial charge < -0.3 is 14.5 Å². The van der Waals surface area contributed by atoms with Crippen LogP contribution in [0.4, 0.5) is 5.69 Å². The lowest BCUT2D eigenvalue weighted by atomic mass is 10.1. The van der Waals surface area contributed by atoms with Gasteiger partial charge in [0.1, 0.15) is 5.75 Å². The van der Waals surface area contributed by atoms with E-state index in [0.717, 1.165) is 16.9 Å². The van der Waals surface area contributed by atoms with E-state index in [4.69, 9.17) is 20.8 Å². The van der Waals surface area contributed by atoms with Crippen molar-refractivity contribution >= 4 is 34.8 Å². The molecular weight excluding hydrogens is 430 g/mol. The zero-order valence-corrected chi connectivity index (χ0v) is 18.6. The van der Waals surface area contributed by atoms with Gasteiger partial charge in [0.15, 0.2) is 5.76 Å². The molecule has 0 aliphatic heterocycles. The number of amides is 2. The van der Waals surface area contributed by atoms with E-state index in [0.29, 0.717) is 35.9 Å². The van der Waals surface area contributed by atoms with Crippen LogP contribution >= 0.6 is 11.6 Å². The second kappa shape index (κ2) is 11.2. The monoisotopic (exact) mass is 453 g/mol. The van der Waals surface area contributed by atoms with Gasteiger partial charge in [-0.3, -0.25) is 9.59 Å². The fraction of sp³-hybridized carbons (Fsp3) is 0.208. The summed E-state index contributed by atoms with van der Waals surface area (Å²) in [5, 5.41) is 7.55. The van der Waals surface area contributed by atoms with Crippen LogP contribution in [0, 0.1) is 6.92 Å². The Morgan fingerprint density at radius 1 is 1.12 bits per heavy atom. The average molecular weight is 454 g/mol. The number of carbonyl (C=O) groups excluding carboxylic acids is 2. The van der Waals surface area contributed by atoms with Crippen molar-refractivity contribution in [3.63, 3.8) is 0 Å². The summed E-state index contributed by atoms with van der Waals surface area (Å²) in [6.45, 7) is 4.14. The highest BCUT2D eigenvalue weighted by Gasteiger charge is 2.09. The third-order valence-electron chi connectivity index (χ3n) is 4.60. The fourth-order valence-corrected chi connectivity index (χ4v) is 3.08. The first kappa shape index (κ1) is 23.1. The summed E-state index contributed by atoms with van der Waals surface area (Å²) >= 11 is 5.93. The molecule has 166 valence electrons. The minimum absolute atomic E-state index is 0.192. The Kier molecular flexibility index (Phi) is 8.05. The van der Waals surface area contributed by atoms with Crippen LogP contribution in [-0.4, -0.2) is 24.1 Å². The van der Waals surface area contributed by atoms with E-state index >= 15 is 0 Å². The van der Waals surface area contributed by atoms with Crippen molar-refractivity contribution in [3.05, 3.63) is 82.8 Å². The maximum atomic E-state index is 12.0. The van der Waals surface area contributed by atoms with E-state index in [2.05, 4.69) is 15.8 Å². The largest absolute Gasteiger partial charge is 0.493 e. The van der Waals surface area contributed by atoms with Crippen LogP contribution in [0.1, 0.15) is 41.4 Å². The molecule has 0 atom stereocenters. The summed E-state index contributed by atoms with van der Waals surface area (Å²) in [4.78, 5) is 24.0. The Balaban J connectivity index is 1.42. The van der Waals surface area contributed by atoms with Crippen molar-refractivity contribution in [1.29, 1.82) is 0 Å². The predicted molar refractivity (Wildman–Crippen MR) is 124 cm³/mol. The first-order valence-corrected chi connectivity index (χ1v) is 10.5. The van der Waals surface area contributed by atoms with Crippen molar-refractivity contribution in [1.82, 2.24) is 5.43 Å². The first-order valence-electron chi connectivity index (χ1n) is 10.1. The van der Waals surface area contributed by atoms with Crippen LogP contribution in [0.3, 0.4) is 0 Å². The molecule has 8 heteroatoms. The van der Waals surface area contributed by atoms with Gasteiger partial charge in [-0.25, -0.2) is 5.43 Å². The van der Waals surface area contributed by atoms with Crippen LogP contribution in [0.2, 0.25) is 5.02 Å². The standard InChI is InChI=1S/C24H24ClN3O4/c1-16-15-19(25)9-12-21(16)31-14-4-6-23(29)28-27-17(2)18-7-10-20(11-8-18)26-24(30)22-5-3-13-32-22/h3,5,7-13,15H,4,6,14H2,1-2H3,(H,26,30)(H,28,29)/b27-17-. The zero-order valence-electron chi connectivity index (χ0n) is 17.9. The molecule has 1 aromatic heterocycles. The maximum Gasteiger partial charge on any atom is 0.291 e. The Morgan fingerprint density at radius 2 is 1.91 bits per heavy atom. The summed E-state index contributed by atoms with van der Waals surface area (Å²) in [5.41, 5.74) is 5.61. The number of hydrogen-bond donors (Lipinski definition) is 2. The summed E-state index contributed by atoms with van der Waals surface area (Å²) in [7, 11) is 0. The average Bonchev–Trinajstić information content (AvgIpc) is 3.32. The Bertz CT molecular complexity index is 1090. The van der Waals surface area contributed by atoms with E-state index in [-0.39, 0.29) is 17.6 Å². The van der Waals surface area contributed by atoms with Crippen LogP contribution in [0.5, 0.6) is 5.75 Å². The van der Waals surface area contributed by atoms with E-state index < -0.39 is 0 Å². The second-order valence-electron chi connectivity index (χ2n) is 7.10. The number of hydrazone groups is 1. The number of hydrogen-bond acceptors (Lipinski definition) is 5. The number of benzene rings is 2. The lowest BCUT2D eigenvalue weighted by molar-refractivity contribution is -0.121. The topological polar surface area (TPSA) is 92.9 Å². The van der Waals surface area contributed by atoms with Crippen LogP contribution < -0.4 is 15.5 Å². The number of nitrogens with zero attached hydrogens (tertiary/aromatic N) is 1. The fourth-order valence-electron chi connectivity index (χ4n) is 2.85. The number of rotatable bonds is 9. The van der Waals surface area contributed by atoms with Gasteiger partial charge in [0.05, 0.1) is 18.6 Å². The van der Waals surface area contributed by atoms with E-state index in [1.54, 1.807) is 37.3 Å². The third kappa shape index (κ3) is 6.72. The smallest absolute Gasteiger partial charge is 0.291 e. The van der Waals surface area contributed by atoms with Crippen molar-refractivity contribution < 1.29 is 18.7 Å². The summed E-state index contributed by atoms with van der Waals surface area (Å²) < 4.78 is 10.8. The van der Waals surface area contributed by atoms with Crippen molar-refractivity contribution in [2.75, 3.05) is 11.9 Å². The lowest BCUT2D eigenvalue weighted by Crippen LogP contribution is -2.19. The molecule has 0 spiro atoms. The van der Waals surface area contributed by atoms with Gasteiger partial charge in [-0.1, -0.05) is 23.7 Å². The van der Waals surface area contributed by atoms with E-state index in [1.807, 2.05) is 31.2 Å². The van der Waals surface area contributed by atoms with Gasteiger partial charge in [-0.2, -0.15) is 5.10 Å². The van der Waals surface area contributed by atoms with Crippen LogP contribution in [0.25, 0.3) is 0 Å². The van der Waals surface area contributed by atoms with Crippen LogP contribution in [0.15, 0.2) is 70.4 Å². The predicted octanol–water partition coefficient (Wildman–Crippen LogP) is 5.19. The van der Waals surface area contributed by atoms with E-state index in [1.165, 1.54) is 6.26 Å². The van der Waals surface area contributed by atoms with Crippen molar-refractivity contribution in [3.8, 4) is 5.75 Å². The molecule has 0 saturated heterocycles. The molecule has 3 rings (SSSR count). The molecule has 2 N–H and O–H groups in total. The molecule has 0 radical (unpaired) electrons. The van der Waals surface area contributed by atoms with Gasteiger partial charge in [0.25, 0.3) is 5.91 Å². The quantitative estimate of drug-likeness (QED) is 0.265. The number of ether oxygens (including phenoxy) is 1. The Morgan fingerprint density at radius 3 is 2.59 bits per heavy atom.